The molecule has 1 fully saturated rings. The summed E-state index contributed by atoms with van der Waals surface area (Å²) in [6.45, 7) is 1.13. The average molecular weight is 447 g/mol. The zero-order valence-electron chi connectivity index (χ0n) is 14.5. The first kappa shape index (κ1) is 20.6. The van der Waals surface area contributed by atoms with Crippen molar-refractivity contribution < 1.29 is 13.2 Å². The Morgan fingerprint density at radius 2 is 1.81 bits per heavy atom. The number of benzene rings is 1. The predicted molar refractivity (Wildman–Crippen MR) is 109 cm³/mol. The Hall–Kier alpha value is -1.12. The van der Waals surface area contributed by atoms with Crippen molar-refractivity contribution >= 4 is 50.5 Å². The van der Waals surface area contributed by atoms with Gasteiger partial charge in [-0.2, -0.15) is 4.31 Å². The van der Waals surface area contributed by atoms with Crippen LogP contribution in [0.4, 0.5) is 0 Å². The van der Waals surface area contributed by atoms with Crippen molar-refractivity contribution in [3.05, 3.63) is 50.6 Å². The van der Waals surface area contributed by atoms with Crippen molar-refractivity contribution in [2.24, 2.45) is 5.92 Å². The molecule has 0 unspecified atom stereocenters. The molecule has 1 amide bonds. The van der Waals surface area contributed by atoms with Gasteiger partial charge in [0.2, 0.25) is 15.9 Å². The van der Waals surface area contributed by atoms with Crippen molar-refractivity contribution in [1.29, 1.82) is 0 Å². The van der Waals surface area contributed by atoms with Crippen LogP contribution in [0.25, 0.3) is 0 Å². The number of amides is 1. The zero-order valence-corrected chi connectivity index (χ0v) is 17.7. The smallest absolute Gasteiger partial charge is 0.246 e. The summed E-state index contributed by atoms with van der Waals surface area (Å²) in [5, 5.41) is 5.18. The molecule has 0 bridgehead atoms. The predicted octanol–water partition coefficient (Wildman–Crippen LogP) is 3.81. The van der Waals surface area contributed by atoms with Gasteiger partial charge < -0.3 is 5.32 Å². The van der Waals surface area contributed by atoms with E-state index in [0.29, 0.717) is 19.4 Å². The van der Waals surface area contributed by atoms with Crippen molar-refractivity contribution in [3.63, 3.8) is 0 Å². The summed E-state index contributed by atoms with van der Waals surface area (Å²) < 4.78 is 27.1. The van der Waals surface area contributed by atoms with E-state index in [1.165, 1.54) is 21.3 Å². The first-order chi connectivity index (χ1) is 12.9. The van der Waals surface area contributed by atoms with Crippen LogP contribution in [0, 0.1) is 5.92 Å². The monoisotopic (exact) mass is 446 g/mol. The van der Waals surface area contributed by atoms with Crippen molar-refractivity contribution in [2.45, 2.75) is 24.2 Å². The van der Waals surface area contributed by atoms with Gasteiger partial charge in [-0.1, -0.05) is 35.3 Å². The van der Waals surface area contributed by atoms with Gasteiger partial charge in [0.05, 0.1) is 10.0 Å². The Morgan fingerprint density at radius 1 is 1.15 bits per heavy atom. The van der Waals surface area contributed by atoms with Crippen molar-refractivity contribution in [1.82, 2.24) is 9.62 Å². The van der Waals surface area contributed by atoms with Gasteiger partial charge in [0.25, 0.3) is 0 Å². The molecule has 1 aliphatic rings. The molecule has 1 N–H and O–H groups in total. The van der Waals surface area contributed by atoms with E-state index in [4.69, 9.17) is 23.2 Å². The Kier molecular flexibility index (Phi) is 6.81. The molecule has 3 rings (SSSR count). The summed E-state index contributed by atoms with van der Waals surface area (Å²) in [5.41, 5.74) is 0. The van der Waals surface area contributed by atoms with Gasteiger partial charge >= 0.3 is 0 Å². The lowest BCUT2D eigenvalue weighted by Crippen LogP contribution is -2.43. The van der Waals surface area contributed by atoms with Crippen LogP contribution in [-0.4, -0.2) is 38.3 Å². The molecular formula is C18H20Cl2N2O3S2. The van der Waals surface area contributed by atoms with E-state index in [1.54, 1.807) is 17.4 Å². The first-order valence-corrected chi connectivity index (χ1v) is 11.7. The summed E-state index contributed by atoms with van der Waals surface area (Å²) in [6.07, 6.45) is 1.76. The highest BCUT2D eigenvalue weighted by molar-refractivity contribution is 7.89. The molecule has 1 aromatic carbocycles. The summed E-state index contributed by atoms with van der Waals surface area (Å²) in [5.74, 6) is -0.194. The maximum Gasteiger partial charge on any atom is 0.246 e. The molecule has 146 valence electrons. The largest absolute Gasteiger partial charge is 0.355 e. The Labute approximate surface area is 173 Å². The van der Waals surface area contributed by atoms with Crippen LogP contribution in [0.1, 0.15) is 17.7 Å². The van der Waals surface area contributed by atoms with Gasteiger partial charge in [-0.15, -0.1) is 11.3 Å². The third kappa shape index (κ3) is 4.84. The highest BCUT2D eigenvalue weighted by atomic mass is 35.5. The zero-order chi connectivity index (χ0) is 19.4. The molecule has 9 heteroatoms. The lowest BCUT2D eigenvalue weighted by atomic mass is 9.97. The van der Waals surface area contributed by atoms with Crippen molar-refractivity contribution in [2.75, 3.05) is 19.6 Å². The van der Waals surface area contributed by atoms with Crippen LogP contribution in [0.5, 0.6) is 0 Å². The fraction of sp³-hybridized carbons (Fsp3) is 0.389. The van der Waals surface area contributed by atoms with Crippen LogP contribution >= 0.6 is 34.5 Å². The highest BCUT2D eigenvalue weighted by Gasteiger charge is 2.34. The van der Waals surface area contributed by atoms with E-state index >= 15 is 0 Å². The molecule has 0 atom stereocenters. The van der Waals surface area contributed by atoms with Crippen LogP contribution in [0.3, 0.4) is 0 Å². The SMILES string of the molecule is O=C(NCCc1cccs1)C1CCN(S(=O)(=O)c2c(Cl)cccc2Cl)CC1. The summed E-state index contributed by atoms with van der Waals surface area (Å²) in [4.78, 5) is 13.5. The third-order valence-electron chi connectivity index (χ3n) is 4.59. The fourth-order valence-corrected chi connectivity index (χ4v) is 6.39. The van der Waals surface area contributed by atoms with Crippen LogP contribution in [0.2, 0.25) is 10.0 Å². The lowest BCUT2D eigenvalue weighted by Gasteiger charge is -2.31. The molecule has 2 aromatic rings. The van der Waals surface area contributed by atoms with Gasteiger partial charge in [-0.05, 0) is 42.8 Å². The Morgan fingerprint density at radius 3 is 2.41 bits per heavy atom. The second-order valence-corrected chi connectivity index (χ2v) is 10.1. The standard InChI is InChI=1S/C18H20Cl2N2O3S2/c19-15-4-1-5-16(20)17(15)27(24,25)22-10-7-13(8-11-22)18(23)21-9-6-14-3-2-12-26-14/h1-5,12-13H,6-11H2,(H,21,23). The topological polar surface area (TPSA) is 66.5 Å². The minimum Gasteiger partial charge on any atom is -0.355 e. The summed E-state index contributed by atoms with van der Waals surface area (Å²) >= 11 is 13.8. The molecule has 2 heterocycles. The van der Waals surface area contributed by atoms with Gasteiger partial charge in [-0.25, -0.2) is 8.42 Å². The average Bonchev–Trinajstić information content (AvgIpc) is 3.15. The number of nitrogens with one attached hydrogen (secondary N) is 1. The molecule has 0 saturated carbocycles. The molecule has 1 saturated heterocycles. The quantitative estimate of drug-likeness (QED) is 0.733. The molecule has 5 nitrogen and oxygen atoms in total. The number of hydrogen-bond donors (Lipinski definition) is 1. The van der Waals surface area contributed by atoms with Crippen LogP contribution in [0.15, 0.2) is 40.6 Å². The molecule has 1 aromatic heterocycles. The molecule has 0 aliphatic carbocycles. The molecule has 1 aliphatic heterocycles. The maximum absolute atomic E-state index is 12.9. The van der Waals surface area contributed by atoms with E-state index in [9.17, 15) is 13.2 Å². The van der Waals surface area contributed by atoms with Crippen LogP contribution < -0.4 is 5.32 Å². The molecule has 0 spiro atoms. The first-order valence-electron chi connectivity index (χ1n) is 8.64. The number of piperidine rings is 1. The normalized spacial score (nSPS) is 16.4. The second kappa shape index (κ2) is 8.92. The Bertz CT molecular complexity index is 873. The number of carbonyl (C=O) groups is 1. The number of thiophene rings is 1. The lowest BCUT2D eigenvalue weighted by molar-refractivity contribution is -0.126. The maximum atomic E-state index is 12.9. The third-order valence-corrected chi connectivity index (χ3v) is 8.38. The number of rotatable bonds is 6. The highest BCUT2D eigenvalue weighted by Crippen LogP contribution is 2.33. The van der Waals surface area contributed by atoms with E-state index in [0.717, 1.165) is 6.42 Å². The van der Waals surface area contributed by atoms with Gasteiger partial charge in [0.15, 0.2) is 0 Å². The van der Waals surface area contributed by atoms with Gasteiger partial charge in [-0.3, -0.25) is 4.79 Å². The fourth-order valence-electron chi connectivity index (χ4n) is 3.12. The molecule has 0 radical (unpaired) electrons. The van der Waals surface area contributed by atoms with E-state index < -0.39 is 10.0 Å². The number of hydrogen-bond acceptors (Lipinski definition) is 4. The van der Waals surface area contributed by atoms with Gasteiger partial charge in [0, 0.05) is 30.4 Å². The minimum absolute atomic E-state index is 0.0145. The number of sulfonamides is 1. The van der Waals surface area contributed by atoms with Crippen molar-refractivity contribution in [3.8, 4) is 0 Å². The second-order valence-electron chi connectivity index (χ2n) is 6.35. The minimum atomic E-state index is -3.78. The summed E-state index contributed by atoms with van der Waals surface area (Å²) in [7, 11) is -3.78. The molecular weight excluding hydrogens is 427 g/mol. The van der Waals surface area contributed by atoms with Gasteiger partial charge in [0.1, 0.15) is 4.90 Å². The van der Waals surface area contributed by atoms with E-state index in [1.807, 2.05) is 17.5 Å². The number of carbonyl (C=O) groups excluding carboxylic acids is 1. The van der Waals surface area contributed by atoms with E-state index in [2.05, 4.69) is 5.32 Å². The summed E-state index contributed by atoms with van der Waals surface area (Å²) in [6, 6.07) is 8.65. The van der Waals surface area contributed by atoms with Crippen LogP contribution in [-0.2, 0) is 21.2 Å². The van der Waals surface area contributed by atoms with E-state index in [-0.39, 0.29) is 39.9 Å². The number of halogens is 2. The Balaban J connectivity index is 1.55. The number of nitrogens with zero attached hydrogens (tertiary/aromatic N) is 1. The molecule has 27 heavy (non-hydrogen) atoms.